The lowest BCUT2D eigenvalue weighted by molar-refractivity contribution is -0.145. The molecule has 1 aromatic heterocycles. The summed E-state index contributed by atoms with van der Waals surface area (Å²) in [5.41, 5.74) is 0. The molecule has 1 aliphatic heterocycles. The standard InChI is InChI=1S/C12H21N5O2/c1-3-5-17-11(13-14-15-17)8-16-6-4-9(2)7-10(16)12(18)19/h9-10H,3-8H2,1-2H3,(H,18,19). The van der Waals surface area contributed by atoms with Crippen LogP contribution in [0.25, 0.3) is 0 Å². The minimum Gasteiger partial charge on any atom is -0.480 e. The fraction of sp³-hybridized carbons (Fsp3) is 0.833. The van der Waals surface area contributed by atoms with Crippen molar-refractivity contribution in [3.05, 3.63) is 5.82 Å². The van der Waals surface area contributed by atoms with E-state index in [1.54, 1.807) is 4.68 Å². The fourth-order valence-corrected chi connectivity index (χ4v) is 2.54. The van der Waals surface area contributed by atoms with E-state index in [2.05, 4.69) is 29.4 Å². The average Bonchev–Trinajstić information content (AvgIpc) is 2.79. The smallest absolute Gasteiger partial charge is 0.320 e. The number of aryl methyl sites for hydroxylation is 1. The van der Waals surface area contributed by atoms with Gasteiger partial charge in [0.2, 0.25) is 0 Å². The van der Waals surface area contributed by atoms with Crippen LogP contribution in [0, 0.1) is 5.92 Å². The zero-order valence-electron chi connectivity index (χ0n) is 11.5. The molecule has 0 spiro atoms. The van der Waals surface area contributed by atoms with Crippen LogP contribution >= 0.6 is 0 Å². The quantitative estimate of drug-likeness (QED) is 0.848. The van der Waals surface area contributed by atoms with Crippen LogP contribution in [0.4, 0.5) is 0 Å². The molecule has 1 saturated heterocycles. The number of hydrogen-bond donors (Lipinski definition) is 1. The number of nitrogens with zero attached hydrogens (tertiary/aromatic N) is 5. The van der Waals surface area contributed by atoms with Crippen molar-refractivity contribution in [3.8, 4) is 0 Å². The topological polar surface area (TPSA) is 84.1 Å². The lowest BCUT2D eigenvalue weighted by Crippen LogP contribution is -2.46. The Balaban J connectivity index is 2.07. The Morgan fingerprint density at radius 1 is 1.53 bits per heavy atom. The molecule has 0 bridgehead atoms. The zero-order valence-corrected chi connectivity index (χ0v) is 11.5. The number of carbonyl (C=O) groups is 1. The van der Waals surface area contributed by atoms with Crippen molar-refractivity contribution in [1.29, 1.82) is 0 Å². The molecule has 2 heterocycles. The Hall–Kier alpha value is -1.50. The highest BCUT2D eigenvalue weighted by molar-refractivity contribution is 5.73. The molecule has 1 aliphatic rings. The highest BCUT2D eigenvalue weighted by Crippen LogP contribution is 2.23. The van der Waals surface area contributed by atoms with Crippen molar-refractivity contribution in [2.45, 2.75) is 52.2 Å². The highest BCUT2D eigenvalue weighted by Gasteiger charge is 2.32. The van der Waals surface area contributed by atoms with Gasteiger partial charge in [-0.3, -0.25) is 9.69 Å². The fourth-order valence-electron chi connectivity index (χ4n) is 2.54. The predicted molar refractivity (Wildman–Crippen MR) is 68.3 cm³/mol. The van der Waals surface area contributed by atoms with Gasteiger partial charge in [-0.15, -0.1) is 5.10 Å². The summed E-state index contributed by atoms with van der Waals surface area (Å²) in [6, 6.07) is -0.421. The van der Waals surface area contributed by atoms with Crippen molar-refractivity contribution >= 4 is 5.97 Å². The van der Waals surface area contributed by atoms with Gasteiger partial charge in [0.15, 0.2) is 5.82 Å². The lowest BCUT2D eigenvalue weighted by Gasteiger charge is -2.35. The van der Waals surface area contributed by atoms with Crippen LogP contribution in [-0.2, 0) is 17.9 Å². The van der Waals surface area contributed by atoms with Crippen LogP contribution in [0.2, 0.25) is 0 Å². The molecule has 0 amide bonds. The van der Waals surface area contributed by atoms with E-state index in [0.29, 0.717) is 18.9 Å². The van der Waals surface area contributed by atoms with E-state index >= 15 is 0 Å². The predicted octanol–water partition coefficient (Wildman–Crippen LogP) is 0.768. The molecule has 106 valence electrons. The van der Waals surface area contributed by atoms with E-state index in [0.717, 1.165) is 31.8 Å². The molecule has 0 saturated carbocycles. The molecule has 2 atom stereocenters. The summed E-state index contributed by atoms with van der Waals surface area (Å²) in [6.07, 6.45) is 2.68. The molecule has 1 aromatic rings. The maximum absolute atomic E-state index is 11.3. The number of aliphatic carboxylic acids is 1. The molecular weight excluding hydrogens is 246 g/mol. The van der Waals surface area contributed by atoms with Crippen LogP contribution in [0.5, 0.6) is 0 Å². The molecule has 0 aromatic carbocycles. The summed E-state index contributed by atoms with van der Waals surface area (Å²) in [5.74, 6) is 0.465. The minimum atomic E-state index is -0.749. The monoisotopic (exact) mass is 267 g/mol. The van der Waals surface area contributed by atoms with Gasteiger partial charge >= 0.3 is 5.97 Å². The number of rotatable bonds is 5. The van der Waals surface area contributed by atoms with Crippen LogP contribution in [-0.4, -0.2) is 48.8 Å². The molecule has 1 N–H and O–H groups in total. The van der Waals surface area contributed by atoms with Gasteiger partial charge in [-0.2, -0.15) is 0 Å². The number of carboxylic acid groups (broad SMARTS) is 1. The van der Waals surface area contributed by atoms with Crippen LogP contribution in [0.3, 0.4) is 0 Å². The van der Waals surface area contributed by atoms with E-state index in [4.69, 9.17) is 0 Å². The van der Waals surface area contributed by atoms with Gasteiger partial charge in [0.25, 0.3) is 0 Å². The van der Waals surface area contributed by atoms with Crippen LogP contribution in [0.15, 0.2) is 0 Å². The maximum Gasteiger partial charge on any atom is 0.320 e. The van der Waals surface area contributed by atoms with Gasteiger partial charge in [0.1, 0.15) is 6.04 Å². The second kappa shape index (κ2) is 6.10. The number of likely N-dealkylation sites (tertiary alicyclic amines) is 1. The number of tetrazole rings is 1. The summed E-state index contributed by atoms with van der Waals surface area (Å²) >= 11 is 0. The van der Waals surface area contributed by atoms with Gasteiger partial charge in [0, 0.05) is 6.54 Å². The summed E-state index contributed by atoms with van der Waals surface area (Å²) in [5, 5.41) is 21.0. The number of piperidine rings is 1. The molecule has 2 unspecified atom stereocenters. The van der Waals surface area contributed by atoms with Gasteiger partial charge in [-0.25, -0.2) is 4.68 Å². The molecule has 0 radical (unpaired) electrons. The van der Waals surface area contributed by atoms with Crippen LogP contribution < -0.4 is 0 Å². The van der Waals surface area contributed by atoms with Crippen molar-refractivity contribution in [3.63, 3.8) is 0 Å². The first-order valence-electron chi connectivity index (χ1n) is 6.83. The minimum absolute atomic E-state index is 0.421. The largest absolute Gasteiger partial charge is 0.480 e. The molecule has 2 rings (SSSR count). The Morgan fingerprint density at radius 2 is 2.32 bits per heavy atom. The Morgan fingerprint density at radius 3 is 3.00 bits per heavy atom. The van der Waals surface area contributed by atoms with E-state index < -0.39 is 12.0 Å². The lowest BCUT2D eigenvalue weighted by atomic mass is 9.92. The summed E-state index contributed by atoms with van der Waals surface area (Å²) < 4.78 is 1.76. The normalized spacial score (nSPS) is 24.5. The highest BCUT2D eigenvalue weighted by atomic mass is 16.4. The third-order valence-corrected chi connectivity index (χ3v) is 3.65. The SMILES string of the molecule is CCCn1nnnc1CN1CCC(C)CC1C(=O)O. The van der Waals surface area contributed by atoms with E-state index in [1.807, 2.05) is 4.90 Å². The van der Waals surface area contributed by atoms with E-state index in [9.17, 15) is 9.90 Å². The van der Waals surface area contributed by atoms with Crippen molar-refractivity contribution < 1.29 is 9.90 Å². The third kappa shape index (κ3) is 3.28. The number of hydrogen-bond acceptors (Lipinski definition) is 5. The third-order valence-electron chi connectivity index (χ3n) is 3.65. The first kappa shape index (κ1) is 13.9. The second-order valence-electron chi connectivity index (χ2n) is 5.27. The van der Waals surface area contributed by atoms with Gasteiger partial charge < -0.3 is 5.11 Å². The van der Waals surface area contributed by atoms with Gasteiger partial charge in [-0.1, -0.05) is 13.8 Å². The molecular formula is C12H21N5O2. The molecule has 7 nitrogen and oxygen atoms in total. The Labute approximate surface area is 112 Å². The van der Waals surface area contributed by atoms with Crippen molar-refractivity contribution in [2.24, 2.45) is 5.92 Å². The van der Waals surface area contributed by atoms with E-state index in [1.165, 1.54) is 0 Å². The molecule has 0 aliphatic carbocycles. The van der Waals surface area contributed by atoms with Crippen molar-refractivity contribution in [2.75, 3.05) is 6.54 Å². The first-order valence-corrected chi connectivity index (χ1v) is 6.83. The van der Waals surface area contributed by atoms with E-state index in [-0.39, 0.29) is 0 Å². The Bertz CT molecular complexity index is 434. The number of carboxylic acids is 1. The summed E-state index contributed by atoms with van der Waals surface area (Å²) in [4.78, 5) is 13.3. The van der Waals surface area contributed by atoms with Gasteiger partial charge in [-0.05, 0) is 42.2 Å². The maximum atomic E-state index is 11.3. The summed E-state index contributed by atoms with van der Waals surface area (Å²) in [7, 11) is 0. The molecule has 19 heavy (non-hydrogen) atoms. The number of aromatic nitrogens is 4. The zero-order chi connectivity index (χ0) is 13.8. The van der Waals surface area contributed by atoms with Gasteiger partial charge in [0.05, 0.1) is 6.54 Å². The summed E-state index contributed by atoms with van der Waals surface area (Å²) in [6.45, 7) is 6.24. The first-order chi connectivity index (χ1) is 9.11. The Kier molecular flexibility index (Phi) is 4.47. The molecule has 1 fully saturated rings. The average molecular weight is 267 g/mol. The van der Waals surface area contributed by atoms with Crippen molar-refractivity contribution in [1.82, 2.24) is 25.1 Å². The molecule has 7 heteroatoms. The second-order valence-corrected chi connectivity index (χ2v) is 5.27. The van der Waals surface area contributed by atoms with Crippen LogP contribution in [0.1, 0.15) is 38.9 Å².